The highest BCUT2D eigenvalue weighted by molar-refractivity contribution is 7.26. The van der Waals surface area contributed by atoms with E-state index in [1.165, 1.54) is 91.4 Å². The molecule has 2 nitrogen and oxygen atoms in total. The average molecular weight is 707 g/mol. The number of nitrogens with zero attached hydrogens (tertiary/aromatic N) is 2. The van der Waals surface area contributed by atoms with Crippen molar-refractivity contribution in [3.05, 3.63) is 188 Å². The molecule has 1 aromatic heterocycles. The van der Waals surface area contributed by atoms with Crippen molar-refractivity contribution in [2.45, 2.75) is 0 Å². The number of fused-ring (bicyclic) bond motifs is 10. The van der Waals surface area contributed by atoms with Crippen molar-refractivity contribution in [1.29, 1.82) is 0 Å². The van der Waals surface area contributed by atoms with Crippen LogP contribution in [0.4, 0.5) is 34.1 Å². The highest BCUT2D eigenvalue weighted by atomic mass is 32.1. The van der Waals surface area contributed by atoms with Crippen molar-refractivity contribution in [3.8, 4) is 0 Å². The Morgan fingerprint density at radius 1 is 0.434 bits per heavy atom. The van der Waals surface area contributed by atoms with Gasteiger partial charge in [-0.15, -0.1) is 11.3 Å². The van der Waals surface area contributed by atoms with E-state index in [0.29, 0.717) is 0 Å². The van der Waals surface area contributed by atoms with Gasteiger partial charge in [-0.05, 0) is 73.5 Å². The molecule has 3 aliphatic rings. The standard InChI is InChI=1S/C48H31BN2SSi/c1-4-17-32(18-5-1)50-38-26-12-11-24-36(38)49-37-25-16-30-44-47(37)51(40-31-42-45(48(50)46(40)49)35-23-10-14-28-41(35)52-42)39-27-13-15-29-43(39)53(44,33-19-6-2-7-20-33)34-21-8-3-9-22-34/h1-31H. The summed E-state index contributed by atoms with van der Waals surface area (Å²) in [6, 6.07) is 71.0. The number of hydrogen-bond acceptors (Lipinski definition) is 3. The van der Waals surface area contributed by atoms with E-state index in [2.05, 4.69) is 198 Å². The molecule has 0 fully saturated rings. The fraction of sp³-hybridized carbons (Fsp3) is 0. The first-order valence-corrected chi connectivity index (χ1v) is 21.2. The molecular weight excluding hydrogens is 676 g/mol. The van der Waals surface area contributed by atoms with Crippen molar-refractivity contribution in [2.75, 3.05) is 9.80 Å². The van der Waals surface area contributed by atoms with E-state index >= 15 is 0 Å². The fourth-order valence-corrected chi connectivity index (χ4v) is 16.2. The molecule has 0 bridgehead atoms. The molecule has 3 aliphatic heterocycles. The normalized spacial score (nSPS) is 14.5. The van der Waals surface area contributed by atoms with Crippen LogP contribution in [0, 0.1) is 0 Å². The van der Waals surface area contributed by atoms with Gasteiger partial charge in [-0.1, -0.05) is 152 Å². The Morgan fingerprint density at radius 2 is 1.04 bits per heavy atom. The zero-order valence-electron chi connectivity index (χ0n) is 28.8. The summed E-state index contributed by atoms with van der Waals surface area (Å²) in [5, 5.41) is 8.38. The second-order valence-corrected chi connectivity index (χ2v) is 19.2. The summed E-state index contributed by atoms with van der Waals surface area (Å²) >= 11 is 1.91. The van der Waals surface area contributed by atoms with Gasteiger partial charge in [-0.3, -0.25) is 0 Å². The topological polar surface area (TPSA) is 6.48 Å². The quantitative estimate of drug-likeness (QED) is 0.173. The van der Waals surface area contributed by atoms with Gasteiger partial charge in [0.15, 0.2) is 8.07 Å². The summed E-state index contributed by atoms with van der Waals surface area (Å²) in [5.41, 5.74) is 11.8. The zero-order chi connectivity index (χ0) is 34.7. The Hall–Kier alpha value is -6.14. The largest absolute Gasteiger partial charge is 0.312 e. The minimum atomic E-state index is -2.78. The van der Waals surface area contributed by atoms with Crippen LogP contribution in [0.2, 0.25) is 0 Å². The number of rotatable bonds is 3. The predicted octanol–water partition coefficient (Wildman–Crippen LogP) is 7.83. The van der Waals surface area contributed by atoms with Crippen LogP contribution in [0.3, 0.4) is 0 Å². The summed E-state index contributed by atoms with van der Waals surface area (Å²) in [5.74, 6) is 0. The summed E-state index contributed by atoms with van der Waals surface area (Å²) in [6.45, 7) is 0.0638. The number of hydrogen-bond donors (Lipinski definition) is 0. The van der Waals surface area contributed by atoms with Crippen LogP contribution in [-0.4, -0.2) is 14.8 Å². The van der Waals surface area contributed by atoms with E-state index in [1.807, 2.05) is 11.3 Å². The van der Waals surface area contributed by atoms with Crippen LogP contribution in [0.1, 0.15) is 0 Å². The van der Waals surface area contributed by atoms with Gasteiger partial charge in [-0.2, -0.15) is 0 Å². The molecule has 12 rings (SSSR count). The average Bonchev–Trinajstić information content (AvgIpc) is 3.61. The second kappa shape index (κ2) is 10.9. The third-order valence-electron chi connectivity index (χ3n) is 11.9. The maximum Gasteiger partial charge on any atom is 0.252 e. The van der Waals surface area contributed by atoms with Crippen LogP contribution < -0.4 is 46.9 Å². The Morgan fingerprint density at radius 3 is 1.81 bits per heavy atom. The molecule has 0 spiro atoms. The molecule has 0 saturated heterocycles. The number of benzene rings is 8. The van der Waals surface area contributed by atoms with E-state index in [4.69, 9.17) is 0 Å². The van der Waals surface area contributed by atoms with E-state index in [-0.39, 0.29) is 6.71 Å². The lowest BCUT2D eigenvalue weighted by Crippen LogP contribution is -2.79. The fourth-order valence-electron chi connectivity index (χ4n) is 9.96. The monoisotopic (exact) mass is 706 g/mol. The zero-order valence-corrected chi connectivity index (χ0v) is 30.6. The number of anilines is 6. The Bertz CT molecular complexity index is 2890. The highest BCUT2D eigenvalue weighted by Gasteiger charge is 2.53. The van der Waals surface area contributed by atoms with Gasteiger partial charge in [-0.25, -0.2) is 0 Å². The maximum absolute atomic E-state index is 2.78. The van der Waals surface area contributed by atoms with Gasteiger partial charge in [0.25, 0.3) is 6.71 Å². The minimum absolute atomic E-state index is 0.0638. The Labute approximate surface area is 313 Å². The molecule has 9 aromatic rings. The SMILES string of the molecule is c1ccc(N2c3ccccc3B3c4cccc5c4N(c4ccccc4[Si]5(c4ccccc4)c4ccccc4)c4cc5sc6ccccc6c5c2c43)cc1. The highest BCUT2D eigenvalue weighted by Crippen LogP contribution is 2.51. The Kier molecular flexibility index (Phi) is 6.08. The molecule has 53 heavy (non-hydrogen) atoms. The first-order valence-electron chi connectivity index (χ1n) is 18.4. The molecule has 0 aliphatic carbocycles. The van der Waals surface area contributed by atoms with Crippen LogP contribution in [0.15, 0.2) is 188 Å². The van der Waals surface area contributed by atoms with Crippen LogP contribution in [0.5, 0.6) is 0 Å². The van der Waals surface area contributed by atoms with Crippen LogP contribution in [0.25, 0.3) is 20.2 Å². The minimum Gasteiger partial charge on any atom is -0.312 e. The molecule has 5 heteroatoms. The number of para-hydroxylation sites is 4. The van der Waals surface area contributed by atoms with Gasteiger partial charge in [0.1, 0.15) is 0 Å². The second-order valence-electron chi connectivity index (χ2n) is 14.4. The summed E-state index contributed by atoms with van der Waals surface area (Å²) in [6.07, 6.45) is 0. The number of thiophene rings is 1. The van der Waals surface area contributed by atoms with Crippen molar-refractivity contribution >= 4 is 118 Å². The molecule has 0 atom stereocenters. The lowest BCUT2D eigenvalue weighted by Gasteiger charge is -2.50. The van der Waals surface area contributed by atoms with Crippen LogP contribution >= 0.6 is 11.3 Å². The molecule has 0 N–H and O–H groups in total. The van der Waals surface area contributed by atoms with E-state index in [9.17, 15) is 0 Å². The van der Waals surface area contributed by atoms with E-state index in [0.717, 1.165) is 0 Å². The van der Waals surface area contributed by atoms with E-state index in [1.54, 1.807) is 0 Å². The van der Waals surface area contributed by atoms with E-state index < -0.39 is 8.07 Å². The van der Waals surface area contributed by atoms with Crippen molar-refractivity contribution in [3.63, 3.8) is 0 Å². The van der Waals surface area contributed by atoms with Gasteiger partial charge < -0.3 is 9.80 Å². The molecule has 0 amide bonds. The molecular formula is C48H31BN2SSi. The molecule has 8 aromatic carbocycles. The molecule has 0 radical (unpaired) electrons. The summed E-state index contributed by atoms with van der Waals surface area (Å²) < 4.78 is 2.64. The smallest absolute Gasteiger partial charge is 0.252 e. The summed E-state index contributed by atoms with van der Waals surface area (Å²) in [7, 11) is -2.78. The lowest BCUT2D eigenvalue weighted by molar-refractivity contribution is 1.27. The van der Waals surface area contributed by atoms with Gasteiger partial charge >= 0.3 is 0 Å². The summed E-state index contributed by atoms with van der Waals surface area (Å²) in [4.78, 5) is 5.22. The van der Waals surface area contributed by atoms with Crippen molar-refractivity contribution in [1.82, 2.24) is 0 Å². The van der Waals surface area contributed by atoms with Crippen molar-refractivity contribution in [2.24, 2.45) is 0 Å². The third kappa shape index (κ3) is 3.78. The van der Waals surface area contributed by atoms with Crippen LogP contribution in [-0.2, 0) is 0 Å². The lowest BCUT2D eigenvalue weighted by atomic mass is 9.33. The third-order valence-corrected chi connectivity index (χ3v) is 17.8. The predicted molar refractivity (Wildman–Crippen MR) is 231 cm³/mol. The Balaban J connectivity index is 1.29. The van der Waals surface area contributed by atoms with Gasteiger partial charge in [0.05, 0.1) is 5.69 Å². The van der Waals surface area contributed by atoms with Gasteiger partial charge in [0, 0.05) is 48.6 Å². The maximum atomic E-state index is 2.66. The molecule has 246 valence electrons. The van der Waals surface area contributed by atoms with Crippen molar-refractivity contribution < 1.29 is 0 Å². The molecule has 0 saturated carbocycles. The van der Waals surface area contributed by atoms with Gasteiger partial charge in [0.2, 0.25) is 0 Å². The first-order chi connectivity index (χ1) is 26.3. The molecule has 4 heterocycles. The molecule has 0 unspecified atom stereocenters. The first kappa shape index (κ1) is 29.4.